The van der Waals surface area contributed by atoms with E-state index in [9.17, 15) is 0 Å². The smallest absolute Gasteiger partial charge is 0.0110 e. The molecule has 1 N–H and O–H groups in total. The molecule has 0 saturated carbocycles. The van der Waals surface area contributed by atoms with Crippen LogP contribution in [0.5, 0.6) is 0 Å². The minimum Gasteiger partial charge on any atom is -0.318 e. The molecule has 0 rings (SSSR count). The van der Waals surface area contributed by atoms with Gasteiger partial charge in [-0.15, -0.1) is 0 Å². The highest BCUT2D eigenvalue weighted by Gasteiger charge is 2.10. The number of nitrogens with zero attached hydrogens (tertiary/aromatic N) is 1. The molecule has 0 amide bonds. The molecule has 0 fully saturated rings. The first-order valence-corrected chi connectivity index (χ1v) is 5.64. The van der Waals surface area contributed by atoms with Gasteiger partial charge in [-0.3, -0.25) is 4.90 Å². The highest BCUT2D eigenvalue weighted by Crippen LogP contribution is 2.06. The van der Waals surface area contributed by atoms with Crippen LogP contribution in [-0.4, -0.2) is 37.6 Å². The maximum absolute atomic E-state index is 3.21. The fourth-order valence-corrected chi connectivity index (χ4v) is 1.70. The van der Waals surface area contributed by atoms with E-state index in [0.717, 1.165) is 12.6 Å². The average molecular weight is 186 g/mol. The van der Waals surface area contributed by atoms with Gasteiger partial charge >= 0.3 is 0 Å². The molecule has 1 unspecified atom stereocenters. The van der Waals surface area contributed by atoms with Crippen LogP contribution in [0.25, 0.3) is 0 Å². The summed E-state index contributed by atoms with van der Waals surface area (Å²) in [5.41, 5.74) is 0. The van der Waals surface area contributed by atoms with Crippen LogP contribution in [0.1, 0.15) is 40.0 Å². The maximum atomic E-state index is 3.21. The molecule has 0 aliphatic carbocycles. The normalized spacial score (nSPS) is 13.6. The number of rotatable bonds is 8. The van der Waals surface area contributed by atoms with Gasteiger partial charge in [0.2, 0.25) is 0 Å². The zero-order chi connectivity index (χ0) is 10.1. The van der Waals surface area contributed by atoms with Crippen molar-refractivity contribution in [2.45, 2.75) is 46.1 Å². The van der Waals surface area contributed by atoms with Crippen LogP contribution < -0.4 is 5.32 Å². The molecular weight excluding hydrogens is 160 g/mol. The summed E-state index contributed by atoms with van der Waals surface area (Å²) < 4.78 is 0. The lowest BCUT2D eigenvalue weighted by Gasteiger charge is -2.28. The minimum atomic E-state index is 0.748. The van der Waals surface area contributed by atoms with E-state index in [0.29, 0.717) is 0 Å². The van der Waals surface area contributed by atoms with E-state index in [-0.39, 0.29) is 0 Å². The van der Waals surface area contributed by atoms with Crippen molar-refractivity contribution in [3.8, 4) is 0 Å². The van der Waals surface area contributed by atoms with Crippen molar-refractivity contribution in [1.82, 2.24) is 10.2 Å². The second kappa shape index (κ2) is 8.52. The molecule has 0 aromatic heterocycles. The van der Waals surface area contributed by atoms with Gasteiger partial charge in [0.25, 0.3) is 0 Å². The highest BCUT2D eigenvalue weighted by molar-refractivity contribution is 4.66. The summed E-state index contributed by atoms with van der Waals surface area (Å²) in [6.07, 6.45) is 3.88. The van der Waals surface area contributed by atoms with Crippen molar-refractivity contribution in [1.29, 1.82) is 0 Å². The Morgan fingerprint density at radius 3 is 2.31 bits per heavy atom. The van der Waals surface area contributed by atoms with E-state index < -0.39 is 0 Å². The Morgan fingerprint density at radius 1 is 1.15 bits per heavy atom. The number of likely N-dealkylation sites (N-methyl/N-ethyl adjacent to an activating group) is 1. The van der Waals surface area contributed by atoms with Crippen LogP contribution >= 0.6 is 0 Å². The maximum Gasteiger partial charge on any atom is 0.0110 e. The topological polar surface area (TPSA) is 15.3 Å². The zero-order valence-corrected chi connectivity index (χ0v) is 9.77. The predicted octanol–water partition coefficient (Wildman–Crippen LogP) is 2.11. The lowest BCUT2D eigenvalue weighted by Crippen LogP contribution is -2.38. The van der Waals surface area contributed by atoms with Crippen molar-refractivity contribution in [3.05, 3.63) is 0 Å². The SMILES string of the molecule is CCCC(C)N(CCC)CCNC. The van der Waals surface area contributed by atoms with Crippen molar-refractivity contribution in [2.75, 3.05) is 26.7 Å². The largest absolute Gasteiger partial charge is 0.318 e. The molecular formula is C11H26N2. The lowest BCUT2D eigenvalue weighted by molar-refractivity contribution is 0.200. The molecule has 2 heteroatoms. The Kier molecular flexibility index (Phi) is 8.46. The van der Waals surface area contributed by atoms with Gasteiger partial charge in [0.15, 0.2) is 0 Å². The fraction of sp³-hybridized carbons (Fsp3) is 1.00. The Morgan fingerprint density at radius 2 is 1.85 bits per heavy atom. The third kappa shape index (κ3) is 6.05. The molecule has 0 aliphatic heterocycles. The standard InChI is InChI=1S/C11H26N2/c1-5-7-11(3)13(9-6-2)10-8-12-4/h11-12H,5-10H2,1-4H3. The summed E-state index contributed by atoms with van der Waals surface area (Å²) in [7, 11) is 2.02. The monoisotopic (exact) mass is 186 g/mol. The van der Waals surface area contributed by atoms with Gasteiger partial charge in [-0.1, -0.05) is 20.3 Å². The molecule has 0 aromatic rings. The summed E-state index contributed by atoms with van der Waals surface area (Å²) >= 11 is 0. The van der Waals surface area contributed by atoms with Gasteiger partial charge < -0.3 is 5.32 Å². The summed E-state index contributed by atoms with van der Waals surface area (Å²) in [5.74, 6) is 0. The Labute approximate surface area is 83.7 Å². The van der Waals surface area contributed by atoms with Crippen LogP contribution in [0.4, 0.5) is 0 Å². The van der Waals surface area contributed by atoms with E-state index >= 15 is 0 Å². The summed E-state index contributed by atoms with van der Waals surface area (Å²) in [4.78, 5) is 2.58. The molecule has 0 aromatic carbocycles. The van der Waals surface area contributed by atoms with Crippen LogP contribution in [0.15, 0.2) is 0 Å². The van der Waals surface area contributed by atoms with Gasteiger partial charge in [0, 0.05) is 19.1 Å². The second-order valence-electron chi connectivity index (χ2n) is 3.78. The molecule has 0 bridgehead atoms. The summed E-state index contributed by atoms with van der Waals surface area (Å²) in [6, 6.07) is 0.748. The zero-order valence-electron chi connectivity index (χ0n) is 9.77. The first-order chi connectivity index (χ1) is 6.26. The fourth-order valence-electron chi connectivity index (χ4n) is 1.70. The van der Waals surface area contributed by atoms with Crippen molar-refractivity contribution >= 4 is 0 Å². The third-order valence-electron chi connectivity index (χ3n) is 2.49. The van der Waals surface area contributed by atoms with E-state index in [1.54, 1.807) is 0 Å². The van der Waals surface area contributed by atoms with E-state index in [1.807, 2.05) is 7.05 Å². The average Bonchev–Trinajstić information content (AvgIpc) is 2.12. The van der Waals surface area contributed by atoms with Crippen LogP contribution in [0.2, 0.25) is 0 Å². The van der Waals surface area contributed by atoms with E-state index in [1.165, 1.54) is 32.4 Å². The lowest BCUT2D eigenvalue weighted by atomic mass is 10.1. The highest BCUT2D eigenvalue weighted by atomic mass is 15.2. The van der Waals surface area contributed by atoms with Crippen LogP contribution in [0, 0.1) is 0 Å². The Bertz CT molecular complexity index is 104. The predicted molar refractivity (Wildman–Crippen MR) is 60.2 cm³/mol. The second-order valence-corrected chi connectivity index (χ2v) is 3.78. The van der Waals surface area contributed by atoms with E-state index in [2.05, 4.69) is 31.0 Å². The van der Waals surface area contributed by atoms with Gasteiger partial charge in [0.05, 0.1) is 0 Å². The van der Waals surface area contributed by atoms with Crippen LogP contribution in [0.3, 0.4) is 0 Å². The molecule has 0 spiro atoms. The summed E-state index contributed by atoms with van der Waals surface area (Å²) in [5, 5.41) is 3.21. The van der Waals surface area contributed by atoms with Crippen molar-refractivity contribution in [3.63, 3.8) is 0 Å². The molecule has 0 aliphatic rings. The van der Waals surface area contributed by atoms with Crippen molar-refractivity contribution < 1.29 is 0 Å². The van der Waals surface area contributed by atoms with Gasteiger partial charge in [-0.2, -0.15) is 0 Å². The quantitative estimate of drug-likeness (QED) is 0.624. The molecule has 2 nitrogen and oxygen atoms in total. The first-order valence-electron chi connectivity index (χ1n) is 5.64. The van der Waals surface area contributed by atoms with Crippen molar-refractivity contribution in [2.24, 2.45) is 0 Å². The number of nitrogens with one attached hydrogen (secondary N) is 1. The van der Waals surface area contributed by atoms with Gasteiger partial charge in [0.1, 0.15) is 0 Å². The Hall–Kier alpha value is -0.0800. The van der Waals surface area contributed by atoms with Crippen LogP contribution in [-0.2, 0) is 0 Å². The van der Waals surface area contributed by atoms with E-state index in [4.69, 9.17) is 0 Å². The third-order valence-corrected chi connectivity index (χ3v) is 2.49. The minimum absolute atomic E-state index is 0.748. The molecule has 13 heavy (non-hydrogen) atoms. The summed E-state index contributed by atoms with van der Waals surface area (Å²) in [6.45, 7) is 10.4. The molecule has 0 radical (unpaired) electrons. The van der Waals surface area contributed by atoms with Gasteiger partial charge in [-0.25, -0.2) is 0 Å². The first kappa shape index (κ1) is 12.9. The number of hydrogen-bond acceptors (Lipinski definition) is 2. The Balaban J connectivity index is 3.75. The number of hydrogen-bond donors (Lipinski definition) is 1. The molecule has 80 valence electrons. The molecule has 0 saturated heterocycles. The molecule has 0 heterocycles. The van der Waals surface area contributed by atoms with Gasteiger partial charge in [-0.05, 0) is 33.4 Å². The molecule has 1 atom stereocenters.